The number of rotatable bonds is 3. The van der Waals surface area contributed by atoms with Gasteiger partial charge in [0.2, 0.25) is 0 Å². The highest BCUT2D eigenvalue weighted by Crippen LogP contribution is 2.17. The summed E-state index contributed by atoms with van der Waals surface area (Å²) in [5, 5.41) is 13.7. The molecule has 0 saturated heterocycles. The molecule has 0 radical (unpaired) electrons. The molecule has 0 atom stereocenters. The van der Waals surface area contributed by atoms with Gasteiger partial charge in [-0.15, -0.1) is 0 Å². The fraction of sp³-hybridized carbons (Fsp3) is 0.250. The van der Waals surface area contributed by atoms with E-state index < -0.39 is 0 Å². The van der Waals surface area contributed by atoms with Crippen molar-refractivity contribution >= 4 is 11.6 Å². The average molecular weight is 237 g/mol. The van der Waals surface area contributed by atoms with E-state index in [4.69, 9.17) is 16.7 Å². The normalized spacial score (nSPS) is 10.7. The van der Waals surface area contributed by atoms with Crippen LogP contribution in [0.2, 0.25) is 5.15 Å². The third-order valence-corrected chi connectivity index (χ3v) is 3.03. The van der Waals surface area contributed by atoms with Gasteiger partial charge in [-0.2, -0.15) is 5.10 Å². The van der Waals surface area contributed by atoms with Gasteiger partial charge in [-0.25, -0.2) is 4.68 Å². The quantitative estimate of drug-likeness (QED) is 0.889. The van der Waals surface area contributed by atoms with Crippen LogP contribution in [0.4, 0.5) is 0 Å². The Balaban J connectivity index is 2.27. The molecule has 0 amide bonds. The maximum absolute atomic E-state index is 9.01. The van der Waals surface area contributed by atoms with Crippen LogP contribution < -0.4 is 0 Å². The molecule has 0 fully saturated rings. The van der Waals surface area contributed by atoms with Crippen molar-refractivity contribution < 1.29 is 5.11 Å². The van der Waals surface area contributed by atoms with Gasteiger partial charge in [-0.1, -0.05) is 35.9 Å². The first-order chi connectivity index (χ1) is 7.72. The predicted octanol–water partition coefficient (Wildman–Crippen LogP) is 2.39. The smallest absolute Gasteiger partial charge is 0.132 e. The minimum Gasteiger partial charge on any atom is -0.392 e. The molecule has 0 aliphatic heterocycles. The Bertz CT molecular complexity index is 494. The number of aliphatic hydroxyl groups excluding tert-OH is 1. The summed E-state index contributed by atoms with van der Waals surface area (Å²) < 4.78 is 1.69. The van der Waals surface area contributed by atoms with Gasteiger partial charge in [-0.3, -0.25) is 0 Å². The maximum atomic E-state index is 9.01. The lowest BCUT2D eigenvalue weighted by molar-refractivity contribution is 0.282. The summed E-state index contributed by atoms with van der Waals surface area (Å²) in [5.74, 6) is 0. The van der Waals surface area contributed by atoms with Crippen molar-refractivity contribution in [3.8, 4) is 0 Å². The van der Waals surface area contributed by atoms with Crippen molar-refractivity contribution in [1.82, 2.24) is 9.78 Å². The van der Waals surface area contributed by atoms with Gasteiger partial charge in [0.05, 0.1) is 19.3 Å². The van der Waals surface area contributed by atoms with E-state index in [1.165, 1.54) is 11.1 Å². The Labute approximate surface area is 99.3 Å². The highest BCUT2D eigenvalue weighted by molar-refractivity contribution is 6.30. The molecule has 1 N–H and O–H groups in total. The van der Waals surface area contributed by atoms with Gasteiger partial charge in [0, 0.05) is 5.56 Å². The first-order valence-electron chi connectivity index (χ1n) is 5.08. The zero-order valence-electron chi connectivity index (χ0n) is 9.02. The topological polar surface area (TPSA) is 38.0 Å². The third-order valence-electron chi connectivity index (χ3n) is 2.60. The molecular formula is C12H13ClN2O. The third kappa shape index (κ3) is 2.10. The Morgan fingerprint density at radius 3 is 2.69 bits per heavy atom. The molecular weight excluding hydrogens is 224 g/mol. The molecule has 4 heteroatoms. The summed E-state index contributed by atoms with van der Waals surface area (Å²) in [7, 11) is 0. The number of benzene rings is 1. The van der Waals surface area contributed by atoms with Crippen LogP contribution in [0.15, 0.2) is 30.5 Å². The van der Waals surface area contributed by atoms with Crippen molar-refractivity contribution in [2.75, 3.05) is 0 Å². The molecule has 16 heavy (non-hydrogen) atoms. The number of hydrogen-bond acceptors (Lipinski definition) is 2. The van der Waals surface area contributed by atoms with E-state index in [1.807, 2.05) is 18.2 Å². The number of aromatic nitrogens is 2. The summed E-state index contributed by atoms with van der Waals surface area (Å²) >= 11 is 6.07. The van der Waals surface area contributed by atoms with Crippen LogP contribution in [0.1, 0.15) is 16.7 Å². The minimum atomic E-state index is -0.0768. The van der Waals surface area contributed by atoms with Gasteiger partial charge in [0.15, 0.2) is 0 Å². The molecule has 0 bridgehead atoms. The lowest BCUT2D eigenvalue weighted by Crippen LogP contribution is -2.03. The van der Waals surface area contributed by atoms with E-state index in [1.54, 1.807) is 10.9 Å². The van der Waals surface area contributed by atoms with Crippen LogP contribution in [0, 0.1) is 6.92 Å². The Hall–Kier alpha value is -1.32. The van der Waals surface area contributed by atoms with Crippen LogP contribution in [-0.2, 0) is 13.2 Å². The molecule has 0 spiro atoms. The lowest BCUT2D eigenvalue weighted by Gasteiger charge is -2.06. The van der Waals surface area contributed by atoms with Crippen molar-refractivity contribution in [2.45, 2.75) is 20.1 Å². The van der Waals surface area contributed by atoms with Crippen molar-refractivity contribution in [2.24, 2.45) is 0 Å². The van der Waals surface area contributed by atoms with Crippen molar-refractivity contribution in [1.29, 1.82) is 0 Å². The summed E-state index contributed by atoms with van der Waals surface area (Å²) in [6.07, 6.45) is 1.60. The SMILES string of the molecule is Cc1ccccc1Cn1ncc(CO)c1Cl. The second-order valence-corrected chi connectivity index (χ2v) is 4.06. The highest BCUT2D eigenvalue weighted by Gasteiger charge is 2.08. The molecule has 2 rings (SSSR count). The monoisotopic (exact) mass is 236 g/mol. The Morgan fingerprint density at radius 1 is 1.31 bits per heavy atom. The number of aryl methyl sites for hydroxylation is 1. The van der Waals surface area contributed by atoms with Crippen LogP contribution in [0.5, 0.6) is 0 Å². The minimum absolute atomic E-state index is 0.0768. The first-order valence-corrected chi connectivity index (χ1v) is 5.45. The number of aliphatic hydroxyl groups is 1. The van der Waals surface area contributed by atoms with Crippen molar-refractivity contribution in [3.05, 3.63) is 52.3 Å². The fourth-order valence-electron chi connectivity index (χ4n) is 1.57. The second-order valence-electron chi connectivity index (χ2n) is 3.70. The van der Waals surface area contributed by atoms with E-state index in [-0.39, 0.29) is 6.61 Å². The molecule has 0 saturated carbocycles. The zero-order chi connectivity index (χ0) is 11.5. The van der Waals surface area contributed by atoms with Crippen LogP contribution in [-0.4, -0.2) is 14.9 Å². The maximum Gasteiger partial charge on any atom is 0.132 e. The number of halogens is 1. The van der Waals surface area contributed by atoms with E-state index in [9.17, 15) is 0 Å². The summed E-state index contributed by atoms with van der Waals surface area (Å²) in [5.41, 5.74) is 3.05. The van der Waals surface area contributed by atoms with Gasteiger partial charge < -0.3 is 5.11 Å². The molecule has 2 aromatic rings. The first kappa shape index (κ1) is 11.2. The molecule has 1 heterocycles. The van der Waals surface area contributed by atoms with Gasteiger partial charge in [-0.05, 0) is 18.1 Å². The largest absolute Gasteiger partial charge is 0.392 e. The Kier molecular flexibility index (Phi) is 3.27. The second kappa shape index (κ2) is 4.68. The fourth-order valence-corrected chi connectivity index (χ4v) is 1.79. The van der Waals surface area contributed by atoms with Crippen LogP contribution in [0.25, 0.3) is 0 Å². The molecule has 0 unspecified atom stereocenters. The molecule has 0 aliphatic rings. The van der Waals surface area contributed by atoms with Gasteiger partial charge in [0.1, 0.15) is 5.15 Å². The molecule has 1 aromatic heterocycles. The van der Waals surface area contributed by atoms with Crippen LogP contribution in [0.3, 0.4) is 0 Å². The van der Waals surface area contributed by atoms with Crippen LogP contribution >= 0.6 is 11.6 Å². The lowest BCUT2D eigenvalue weighted by atomic mass is 10.1. The molecule has 1 aromatic carbocycles. The number of hydrogen-bond donors (Lipinski definition) is 1. The summed E-state index contributed by atoms with van der Waals surface area (Å²) in [6.45, 7) is 2.61. The highest BCUT2D eigenvalue weighted by atomic mass is 35.5. The molecule has 84 valence electrons. The van der Waals surface area contributed by atoms with E-state index in [0.29, 0.717) is 17.3 Å². The predicted molar refractivity (Wildman–Crippen MR) is 63.4 cm³/mol. The van der Waals surface area contributed by atoms with Gasteiger partial charge in [0.25, 0.3) is 0 Å². The standard InChI is InChI=1S/C12H13ClN2O/c1-9-4-2-3-5-10(9)7-15-12(13)11(8-16)6-14-15/h2-6,16H,7-8H2,1H3. The molecule has 3 nitrogen and oxygen atoms in total. The molecule has 0 aliphatic carbocycles. The van der Waals surface area contributed by atoms with Gasteiger partial charge >= 0.3 is 0 Å². The summed E-state index contributed by atoms with van der Waals surface area (Å²) in [4.78, 5) is 0. The average Bonchev–Trinajstić information content (AvgIpc) is 2.63. The van der Waals surface area contributed by atoms with E-state index in [2.05, 4.69) is 18.1 Å². The van der Waals surface area contributed by atoms with Crippen molar-refractivity contribution in [3.63, 3.8) is 0 Å². The summed E-state index contributed by atoms with van der Waals surface area (Å²) in [6, 6.07) is 8.10. The van der Waals surface area contributed by atoms with E-state index >= 15 is 0 Å². The zero-order valence-corrected chi connectivity index (χ0v) is 9.78. The number of nitrogens with zero attached hydrogens (tertiary/aromatic N) is 2. The van der Waals surface area contributed by atoms with E-state index in [0.717, 1.165) is 0 Å². The Morgan fingerprint density at radius 2 is 2.06 bits per heavy atom.